The van der Waals surface area contributed by atoms with Crippen LogP contribution in [-0.2, 0) is 9.59 Å². The lowest BCUT2D eigenvalue weighted by Crippen LogP contribution is -2.43. The normalized spacial score (nSPS) is 18.1. The van der Waals surface area contributed by atoms with Crippen LogP contribution in [0.3, 0.4) is 0 Å². The number of hydrogen-bond donors (Lipinski definition) is 3. The van der Waals surface area contributed by atoms with E-state index in [1.54, 1.807) is 0 Å². The molecule has 0 spiro atoms. The molecule has 0 saturated heterocycles. The van der Waals surface area contributed by atoms with Gasteiger partial charge in [0.05, 0.1) is 6.54 Å². The van der Waals surface area contributed by atoms with Crippen LogP contribution in [-0.4, -0.2) is 38.0 Å². The molecule has 1 saturated carbocycles. The van der Waals surface area contributed by atoms with Gasteiger partial charge in [-0.25, -0.2) is 0 Å². The Balaban J connectivity index is 2.15. The number of nitrogens with one attached hydrogen (secondary N) is 3. The van der Waals surface area contributed by atoms with Gasteiger partial charge in [0.15, 0.2) is 0 Å². The van der Waals surface area contributed by atoms with Gasteiger partial charge < -0.3 is 16.0 Å². The zero-order chi connectivity index (χ0) is 13.4. The minimum Gasteiger partial charge on any atom is -0.353 e. The molecule has 1 aliphatic rings. The first-order chi connectivity index (χ1) is 8.63. The summed E-state index contributed by atoms with van der Waals surface area (Å²) in [6.07, 6.45) is 5.41. The van der Waals surface area contributed by atoms with Gasteiger partial charge in [-0.3, -0.25) is 9.59 Å². The zero-order valence-electron chi connectivity index (χ0n) is 11.4. The average Bonchev–Trinajstić information content (AvgIpc) is 2.42. The molecular formula is C13H25N3O2. The lowest BCUT2D eigenvalue weighted by Gasteiger charge is -2.20. The molecule has 3 N–H and O–H groups in total. The van der Waals surface area contributed by atoms with E-state index in [2.05, 4.69) is 16.0 Å². The predicted molar refractivity (Wildman–Crippen MR) is 71.1 cm³/mol. The molecule has 1 unspecified atom stereocenters. The fraction of sp³-hybridized carbons (Fsp3) is 0.846. The first-order valence-corrected chi connectivity index (χ1v) is 6.85. The quantitative estimate of drug-likeness (QED) is 0.644. The number of amides is 2. The Hall–Kier alpha value is -1.10. The molecule has 0 radical (unpaired) electrons. The van der Waals surface area contributed by atoms with Crippen molar-refractivity contribution in [1.82, 2.24) is 16.0 Å². The van der Waals surface area contributed by atoms with Crippen molar-refractivity contribution in [2.24, 2.45) is 5.92 Å². The maximum atomic E-state index is 11.8. The molecule has 0 bridgehead atoms. The highest BCUT2D eigenvalue weighted by Crippen LogP contribution is 2.23. The maximum absolute atomic E-state index is 11.8. The third-order valence-corrected chi connectivity index (χ3v) is 3.50. The van der Waals surface area contributed by atoms with Crippen LogP contribution in [0.5, 0.6) is 0 Å². The molecule has 5 nitrogen and oxygen atoms in total. The smallest absolute Gasteiger partial charge is 0.239 e. The second kappa shape index (κ2) is 8.08. The van der Waals surface area contributed by atoms with Crippen molar-refractivity contribution in [3.8, 4) is 0 Å². The summed E-state index contributed by atoms with van der Waals surface area (Å²) in [7, 11) is 1.85. The van der Waals surface area contributed by atoms with Crippen LogP contribution in [0.1, 0.15) is 39.0 Å². The Labute approximate surface area is 109 Å². The zero-order valence-corrected chi connectivity index (χ0v) is 11.4. The monoisotopic (exact) mass is 255 g/mol. The fourth-order valence-electron chi connectivity index (χ4n) is 2.11. The van der Waals surface area contributed by atoms with E-state index in [4.69, 9.17) is 0 Å². The predicted octanol–water partition coefficient (Wildman–Crippen LogP) is 0.407. The van der Waals surface area contributed by atoms with E-state index in [0.29, 0.717) is 6.54 Å². The highest BCUT2D eigenvalue weighted by Gasteiger charge is 2.21. The largest absolute Gasteiger partial charge is 0.353 e. The lowest BCUT2D eigenvalue weighted by molar-refractivity contribution is -0.129. The topological polar surface area (TPSA) is 70.2 Å². The molecule has 5 heteroatoms. The number of hydrogen-bond acceptors (Lipinski definition) is 3. The molecule has 2 amide bonds. The molecule has 0 aromatic carbocycles. The Morgan fingerprint density at radius 3 is 2.44 bits per heavy atom. The van der Waals surface area contributed by atoms with Crippen molar-refractivity contribution in [1.29, 1.82) is 0 Å². The van der Waals surface area contributed by atoms with E-state index in [-0.39, 0.29) is 30.3 Å². The van der Waals surface area contributed by atoms with E-state index in [1.807, 2.05) is 14.0 Å². The first kappa shape index (κ1) is 15.0. The van der Waals surface area contributed by atoms with Crippen LogP contribution in [0.25, 0.3) is 0 Å². The van der Waals surface area contributed by atoms with Crippen molar-refractivity contribution in [3.05, 3.63) is 0 Å². The van der Waals surface area contributed by atoms with Crippen LogP contribution >= 0.6 is 0 Å². The Kier molecular flexibility index (Phi) is 6.72. The molecule has 1 fully saturated rings. The molecule has 0 aliphatic heterocycles. The van der Waals surface area contributed by atoms with Gasteiger partial charge in [-0.1, -0.05) is 19.3 Å². The number of likely N-dealkylation sites (N-methyl/N-ethyl adjacent to an activating group) is 1. The standard InChI is InChI=1S/C13H25N3O2/c1-10(14-2)8-15-12(17)9-16-13(18)11-6-4-3-5-7-11/h10-11,14H,3-9H2,1-2H3,(H,15,17)(H,16,18). The molecule has 1 atom stereocenters. The highest BCUT2D eigenvalue weighted by molar-refractivity contribution is 5.85. The van der Waals surface area contributed by atoms with Crippen molar-refractivity contribution in [2.45, 2.75) is 45.1 Å². The van der Waals surface area contributed by atoms with Crippen molar-refractivity contribution < 1.29 is 9.59 Å². The number of carbonyl (C=O) groups excluding carboxylic acids is 2. The van der Waals surface area contributed by atoms with Crippen LogP contribution in [0, 0.1) is 5.92 Å². The van der Waals surface area contributed by atoms with Gasteiger partial charge in [0.25, 0.3) is 0 Å². The van der Waals surface area contributed by atoms with E-state index in [1.165, 1.54) is 6.42 Å². The second-order valence-electron chi connectivity index (χ2n) is 5.05. The van der Waals surface area contributed by atoms with E-state index >= 15 is 0 Å². The molecule has 0 heterocycles. The Morgan fingerprint density at radius 2 is 1.83 bits per heavy atom. The van der Waals surface area contributed by atoms with Gasteiger partial charge in [-0.15, -0.1) is 0 Å². The minimum atomic E-state index is -0.124. The van der Waals surface area contributed by atoms with Crippen LogP contribution in [0.4, 0.5) is 0 Å². The summed E-state index contributed by atoms with van der Waals surface area (Å²) in [6, 6.07) is 0.239. The Bertz CT molecular complexity index is 275. The van der Waals surface area contributed by atoms with Gasteiger partial charge in [0.2, 0.25) is 11.8 Å². The first-order valence-electron chi connectivity index (χ1n) is 6.85. The highest BCUT2D eigenvalue weighted by atomic mass is 16.2. The van der Waals surface area contributed by atoms with Gasteiger partial charge in [0.1, 0.15) is 0 Å². The maximum Gasteiger partial charge on any atom is 0.239 e. The van der Waals surface area contributed by atoms with Crippen molar-refractivity contribution >= 4 is 11.8 Å². The van der Waals surface area contributed by atoms with Crippen LogP contribution in [0.15, 0.2) is 0 Å². The summed E-state index contributed by atoms with van der Waals surface area (Å²) < 4.78 is 0. The summed E-state index contributed by atoms with van der Waals surface area (Å²) in [5, 5.41) is 8.53. The van der Waals surface area contributed by atoms with Gasteiger partial charge in [-0.05, 0) is 26.8 Å². The van der Waals surface area contributed by atoms with Gasteiger partial charge >= 0.3 is 0 Å². The fourth-order valence-corrected chi connectivity index (χ4v) is 2.11. The molecule has 18 heavy (non-hydrogen) atoms. The molecular weight excluding hydrogens is 230 g/mol. The molecule has 1 rings (SSSR count). The minimum absolute atomic E-state index is 0.0338. The third kappa shape index (κ3) is 5.49. The van der Waals surface area contributed by atoms with E-state index in [9.17, 15) is 9.59 Å². The van der Waals surface area contributed by atoms with Gasteiger partial charge in [0, 0.05) is 18.5 Å². The van der Waals surface area contributed by atoms with E-state index < -0.39 is 0 Å². The molecule has 0 aromatic heterocycles. The summed E-state index contributed by atoms with van der Waals surface area (Å²) >= 11 is 0. The molecule has 104 valence electrons. The van der Waals surface area contributed by atoms with Crippen LogP contribution < -0.4 is 16.0 Å². The van der Waals surface area contributed by atoms with Crippen molar-refractivity contribution in [2.75, 3.05) is 20.1 Å². The summed E-state index contributed by atoms with van der Waals surface area (Å²) in [5.41, 5.74) is 0. The lowest BCUT2D eigenvalue weighted by atomic mass is 9.89. The molecule has 1 aliphatic carbocycles. The second-order valence-corrected chi connectivity index (χ2v) is 5.05. The SMILES string of the molecule is CNC(C)CNC(=O)CNC(=O)C1CCCCC1. The average molecular weight is 255 g/mol. The molecule has 0 aromatic rings. The van der Waals surface area contributed by atoms with Gasteiger partial charge in [-0.2, -0.15) is 0 Å². The Morgan fingerprint density at radius 1 is 1.17 bits per heavy atom. The summed E-state index contributed by atoms with van der Waals surface area (Å²) in [5.74, 6) is 0.0237. The summed E-state index contributed by atoms with van der Waals surface area (Å²) in [4.78, 5) is 23.3. The third-order valence-electron chi connectivity index (χ3n) is 3.50. The summed E-state index contributed by atoms with van der Waals surface area (Å²) in [6.45, 7) is 2.65. The number of carbonyl (C=O) groups is 2. The van der Waals surface area contributed by atoms with E-state index in [0.717, 1.165) is 25.7 Å². The van der Waals surface area contributed by atoms with Crippen molar-refractivity contribution in [3.63, 3.8) is 0 Å². The number of rotatable bonds is 6. The van der Waals surface area contributed by atoms with Crippen LogP contribution in [0.2, 0.25) is 0 Å².